The molecule has 1 aliphatic carbocycles. The van der Waals surface area contributed by atoms with Crippen LogP contribution in [0.25, 0.3) is 0 Å². The minimum absolute atomic E-state index is 0.300. The number of nitrogens with zero attached hydrogens (tertiary/aromatic N) is 1. The second kappa shape index (κ2) is 6.23. The number of hydrogen-bond acceptors (Lipinski definition) is 3. The average Bonchev–Trinajstić information content (AvgIpc) is 2.35. The zero-order chi connectivity index (χ0) is 13.7. The molecule has 2 aliphatic rings. The van der Waals surface area contributed by atoms with Gasteiger partial charge >= 0.3 is 0 Å². The van der Waals surface area contributed by atoms with E-state index in [0.29, 0.717) is 38.6 Å². The van der Waals surface area contributed by atoms with Crippen molar-refractivity contribution < 1.29 is 9.53 Å². The highest BCUT2D eigenvalue weighted by atomic mass is 16.5. The van der Waals surface area contributed by atoms with Crippen LogP contribution in [-0.4, -0.2) is 38.2 Å². The van der Waals surface area contributed by atoms with Gasteiger partial charge in [0, 0.05) is 19.8 Å². The molecule has 1 saturated heterocycles. The number of carbonyl (C=O) groups is 1. The van der Waals surface area contributed by atoms with Crippen LogP contribution in [0.4, 0.5) is 0 Å². The van der Waals surface area contributed by atoms with Gasteiger partial charge in [0.15, 0.2) is 5.96 Å². The number of guanidine groups is 1. The van der Waals surface area contributed by atoms with Gasteiger partial charge in [-0.1, -0.05) is 6.42 Å². The van der Waals surface area contributed by atoms with Crippen molar-refractivity contribution >= 4 is 11.9 Å². The molecule has 0 unspecified atom stereocenters. The Labute approximate surface area is 114 Å². The summed E-state index contributed by atoms with van der Waals surface area (Å²) < 4.78 is 5.28. The maximum absolute atomic E-state index is 11.6. The number of rotatable bonds is 5. The Balaban J connectivity index is 1.84. The van der Waals surface area contributed by atoms with Crippen LogP contribution in [0, 0.1) is 11.3 Å². The lowest BCUT2D eigenvalue weighted by Crippen LogP contribution is -2.45. The van der Waals surface area contributed by atoms with E-state index in [4.69, 9.17) is 16.2 Å². The maximum Gasteiger partial charge on any atom is 0.225 e. The predicted molar refractivity (Wildman–Crippen MR) is 73.5 cm³/mol. The van der Waals surface area contributed by atoms with Gasteiger partial charge in [-0.2, -0.15) is 0 Å². The van der Waals surface area contributed by atoms with Crippen molar-refractivity contribution in [2.24, 2.45) is 27.8 Å². The lowest BCUT2D eigenvalue weighted by Gasteiger charge is -2.32. The minimum Gasteiger partial charge on any atom is -0.381 e. The highest BCUT2D eigenvalue weighted by Gasteiger charge is 2.38. The average molecular weight is 268 g/mol. The molecule has 6 heteroatoms. The quantitative estimate of drug-likeness (QED) is 0.481. The Hall–Kier alpha value is -1.30. The van der Waals surface area contributed by atoms with Gasteiger partial charge in [0.2, 0.25) is 5.91 Å². The van der Waals surface area contributed by atoms with E-state index in [2.05, 4.69) is 10.3 Å². The van der Waals surface area contributed by atoms with Crippen molar-refractivity contribution in [1.82, 2.24) is 5.32 Å². The first-order valence-electron chi connectivity index (χ1n) is 7.04. The zero-order valence-corrected chi connectivity index (χ0v) is 11.4. The van der Waals surface area contributed by atoms with Crippen LogP contribution >= 0.6 is 0 Å². The van der Waals surface area contributed by atoms with Crippen LogP contribution in [0.2, 0.25) is 0 Å². The van der Waals surface area contributed by atoms with Crippen molar-refractivity contribution in [3.8, 4) is 0 Å². The predicted octanol–water partition coefficient (Wildman–Crippen LogP) is -0.0271. The fraction of sp³-hybridized carbons (Fsp3) is 0.846. The number of amides is 1. The number of aliphatic imine (C=N–C) groups is 1. The van der Waals surface area contributed by atoms with Gasteiger partial charge in [0.1, 0.15) is 0 Å². The van der Waals surface area contributed by atoms with E-state index in [1.165, 1.54) is 19.3 Å². The van der Waals surface area contributed by atoms with Gasteiger partial charge in [-0.25, -0.2) is 0 Å². The summed E-state index contributed by atoms with van der Waals surface area (Å²) in [6.07, 6.45) is 5.10. The van der Waals surface area contributed by atoms with Gasteiger partial charge in [0.05, 0.1) is 12.0 Å². The lowest BCUT2D eigenvalue weighted by molar-refractivity contribution is -0.132. The molecule has 2 fully saturated rings. The Bertz CT molecular complexity index is 347. The van der Waals surface area contributed by atoms with Crippen LogP contribution in [0.15, 0.2) is 4.99 Å². The standard InChI is InChI=1S/C13H24N4O2/c14-11(18)13(4-6-19-7-5-13)9-17-12(15)16-8-10-2-1-3-10/h10H,1-9H2,(H2,14,18)(H3,15,16,17). The lowest BCUT2D eigenvalue weighted by atomic mass is 9.79. The molecule has 2 rings (SSSR count). The molecule has 0 radical (unpaired) electrons. The van der Waals surface area contributed by atoms with E-state index >= 15 is 0 Å². The van der Waals surface area contributed by atoms with E-state index in [1.54, 1.807) is 0 Å². The number of carbonyl (C=O) groups excluding carboxylic acids is 1. The first kappa shape index (κ1) is 14.1. The minimum atomic E-state index is -0.582. The molecule has 19 heavy (non-hydrogen) atoms. The monoisotopic (exact) mass is 268 g/mol. The Morgan fingerprint density at radius 2 is 2.00 bits per heavy atom. The van der Waals surface area contributed by atoms with Gasteiger partial charge < -0.3 is 21.5 Å². The Kier molecular flexibility index (Phi) is 4.63. The summed E-state index contributed by atoms with van der Waals surface area (Å²) in [5.74, 6) is 0.840. The second-order valence-corrected chi connectivity index (χ2v) is 5.64. The van der Waals surface area contributed by atoms with Gasteiger partial charge in [-0.15, -0.1) is 0 Å². The third-order valence-electron chi connectivity index (χ3n) is 4.32. The fourth-order valence-electron chi connectivity index (χ4n) is 2.48. The summed E-state index contributed by atoms with van der Waals surface area (Å²) in [5.41, 5.74) is 10.8. The molecule has 0 bridgehead atoms. The Morgan fingerprint density at radius 3 is 2.53 bits per heavy atom. The molecule has 0 spiro atoms. The highest BCUT2D eigenvalue weighted by Crippen LogP contribution is 2.30. The third kappa shape index (κ3) is 3.59. The summed E-state index contributed by atoms with van der Waals surface area (Å²) in [7, 11) is 0. The summed E-state index contributed by atoms with van der Waals surface area (Å²) >= 11 is 0. The maximum atomic E-state index is 11.6. The molecule has 0 atom stereocenters. The van der Waals surface area contributed by atoms with E-state index in [-0.39, 0.29) is 5.91 Å². The van der Waals surface area contributed by atoms with Crippen molar-refractivity contribution in [2.75, 3.05) is 26.3 Å². The number of hydrogen-bond donors (Lipinski definition) is 3. The molecule has 5 N–H and O–H groups in total. The smallest absolute Gasteiger partial charge is 0.225 e. The summed E-state index contributed by atoms with van der Waals surface area (Å²) in [5, 5.41) is 3.12. The largest absolute Gasteiger partial charge is 0.381 e. The third-order valence-corrected chi connectivity index (χ3v) is 4.32. The van der Waals surface area contributed by atoms with Crippen LogP contribution in [0.3, 0.4) is 0 Å². The molecule has 1 amide bonds. The molecular formula is C13H24N4O2. The summed E-state index contributed by atoms with van der Waals surface area (Å²) in [6.45, 7) is 2.36. The molecule has 0 aromatic carbocycles. The molecule has 0 aromatic rings. The van der Waals surface area contributed by atoms with Crippen molar-refractivity contribution in [3.05, 3.63) is 0 Å². The molecular weight excluding hydrogens is 244 g/mol. The molecule has 1 saturated carbocycles. The van der Waals surface area contributed by atoms with Gasteiger partial charge in [-0.3, -0.25) is 9.79 Å². The van der Waals surface area contributed by atoms with Crippen LogP contribution in [0.1, 0.15) is 32.1 Å². The SMILES string of the molecule is NC(=O)C1(CN=C(N)NCC2CCC2)CCOCC1. The molecule has 1 aliphatic heterocycles. The molecule has 108 valence electrons. The second-order valence-electron chi connectivity index (χ2n) is 5.64. The first-order valence-corrected chi connectivity index (χ1v) is 7.04. The number of nitrogens with one attached hydrogen (secondary N) is 1. The number of primary amides is 1. The first-order chi connectivity index (χ1) is 9.12. The van der Waals surface area contributed by atoms with Crippen LogP contribution < -0.4 is 16.8 Å². The van der Waals surface area contributed by atoms with Gasteiger partial charge in [0.25, 0.3) is 0 Å². The highest BCUT2D eigenvalue weighted by molar-refractivity contribution is 5.82. The summed E-state index contributed by atoms with van der Waals surface area (Å²) in [4.78, 5) is 15.9. The van der Waals surface area contributed by atoms with Crippen molar-refractivity contribution in [2.45, 2.75) is 32.1 Å². The van der Waals surface area contributed by atoms with Crippen molar-refractivity contribution in [3.63, 3.8) is 0 Å². The molecule has 0 aromatic heterocycles. The van der Waals surface area contributed by atoms with Crippen LogP contribution in [-0.2, 0) is 9.53 Å². The number of nitrogens with two attached hydrogens (primary N) is 2. The van der Waals surface area contributed by atoms with Crippen LogP contribution in [0.5, 0.6) is 0 Å². The summed E-state index contributed by atoms with van der Waals surface area (Å²) in [6, 6.07) is 0. The van der Waals surface area contributed by atoms with Crippen molar-refractivity contribution in [1.29, 1.82) is 0 Å². The Morgan fingerprint density at radius 1 is 1.32 bits per heavy atom. The molecule has 6 nitrogen and oxygen atoms in total. The topological polar surface area (TPSA) is 103 Å². The normalized spacial score (nSPS) is 23.7. The van der Waals surface area contributed by atoms with Gasteiger partial charge in [-0.05, 0) is 31.6 Å². The number of ether oxygens (including phenoxy) is 1. The van der Waals surface area contributed by atoms with E-state index < -0.39 is 5.41 Å². The molecule has 1 heterocycles. The zero-order valence-electron chi connectivity index (χ0n) is 11.4. The van der Waals surface area contributed by atoms with E-state index in [1.807, 2.05) is 0 Å². The van der Waals surface area contributed by atoms with E-state index in [9.17, 15) is 4.79 Å². The fourth-order valence-corrected chi connectivity index (χ4v) is 2.48. The van der Waals surface area contributed by atoms with E-state index in [0.717, 1.165) is 12.5 Å².